The predicted molar refractivity (Wildman–Crippen MR) is 94.6 cm³/mol. The lowest BCUT2D eigenvalue weighted by Gasteiger charge is -2.04. The number of hydrogen-bond donors (Lipinski definition) is 2. The summed E-state index contributed by atoms with van der Waals surface area (Å²) in [5.41, 5.74) is 4.28. The SMILES string of the molecule is O=C1Cc2cc(-c3csc(Nc4ccc(F)c(Cl)c4)n3)ccc2N1. The van der Waals surface area contributed by atoms with Gasteiger partial charge < -0.3 is 10.6 Å². The Balaban J connectivity index is 1.58. The molecule has 2 aromatic carbocycles. The van der Waals surface area contributed by atoms with Gasteiger partial charge in [-0.05, 0) is 35.9 Å². The number of hydrogen-bond acceptors (Lipinski definition) is 4. The number of halogens is 2. The summed E-state index contributed by atoms with van der Waals surface area (Å²) in [7, 11) is 0. The Kier molecular flexibility index (Phi) is 3.70. The van der Waals surface area contributed by atoms with Gasteiger partial charge in [-0.1, -0.05) is 17.7 Å². The summed E-state index contributed by atoms with van der Waals surface area (Å²) >= 11 is 7.22. The maximum atomic E-state index is 13.2. The molecule has 0 saturated carbocycles. The summed E-state index contributed by atoms with van der Waals surface area (Å²) in [4.78, 5) is 16.0. The lowest BCUT2D eigenvalue weighted by Crippen LogP contribution is -2.03. The first-order valence-corrected chi connectivity index (χ1v) is 8.45. The largest absolute Gasteiger partial charge is 0.331 e. The first-order valence-electron chi connectivity index (χ1n) is 7.19. The quantitative estimate of drug-likeness (QED) is 0.703. The molecule has 1 aromatic heterocycles. The van der Waals surface area contributed by atoms with Crippen LogP contribution in [-0.2, 0) is 11.2 Å². The van der Waals surface area contributed by atoms with Crippen LogP contribution in [0.1, 0.15) is 5.56 Å². The lowest BCUT2D eigenvalue weighted by molar-refractivity contribution is -0.115. The van der Waals surface area contributed by atoms with Crippen LogP contribution in [-0.4, -0.2) is 10.9 Å². The zero-order chi connectivity index (χ0) is 16.7. The zero-order valence-corrected chi connectivity index (χ0v) is 13.8. The number of anilines is 3. The fourth-order valence-electron chi connectivity index (χ4n) is 2.55. The number of aromatic nitrogens is 1. The normalized spacial score (nSPS) is 12.8. The molecular weight excluding hydrogens is 349 g/mol. The maximum absolute atomic E-state index is 13.2. The zero-order valence-electron chi connectivity index (χ0n) is 12.3. The third kappa shape index (κ3) is 2.86. The highest BCUT2D eigenvalue weighted by atomic mass is 35.5. The molecule has 0 saturated heterocycles. The summed E-state index contributed by atoms with van der Waals surface area (Å²) in [6, 6.07) is 10.2. The average molecular weight is 360 g/mol. The van der Waals surface area contributed by atoms with Gasteiger partial charge in [-0.15, -0.1) is 11.3 Å². The predicted octanol–water partition coefficient (Wildman–Crippen LogP) is 4.84. The van der Waals surface area contributed by atoms with Crippen molar-refractivity contribution in [1.82, 2.24) is 4.98 Å². The standard InChI is InChI=1S/C17H11ClFN3OS/c18-12-7-11(2-3-13(12)19)20-17-22-15(8-24-17)9-1-4-14-10(5-9)6-16(23)21-14/h1-5,7-8H,6H2,(H,20,22)(H,21,23). The first kappa shape index (κ1) is 15.1. The minimum atomic E-state index is -0.455. The molecule has 0 spiro atoms. The van der Waals surface area contributed by atoms with Crippen LogP contribution in [0.2, 0.25) is 5.02 Å². The Hall–Kier alpha value is -2.44. The second-order valence-corrected chi connectivity index (χ2v) is 6.65. The third-order valence-corrected chi connectivity index (χ3v) is 4.75. The Bertz CT molecular complexity index is 957. The van der Waals surface area contributed by atoms with E-state index in [0.29, 0.717) is 17.2 Å². The molecule has 0 atom stereocenters. The lowest BCUT2D eigenvalue weighted by atomic mass is 10.1. The summed E-state index contributed by atoms with van der Waals surface area (Å²) < 4.78 is 13.2. The van der Waals surface area contributed by atoms with Gasteiger partial charge in [0.2, 0.25) is 5.91 Å². The molecule has 1 aliphatic heterocycles. The second kappa shape index (κ2) is 5.89. The van der Waals surface area contributed by atoms with Crippen LogP contribution in [0.5, 0.6) is 0 Å². The van der Waals surface area contributed by atoms with E-state index in [1.807, 2.05) is 23.6 Å². The van der Waals surface area contributed by atoms with Gasteiger partial charge in [0.25, 0.3) is 0 Å². The molecule has 7 heteroatoms. The smallest absolute Gasteiger partial charge is 0.228 e. The Labute approximate surface area is 146 Å². The molecule has 120 valence electrons. The van der Waals surface area contributed by atoms with Gasteiger partial charge in [0, 0.05) is 22.3 Å². The van der Waals surface area contributed by atoms with Crippen molar-refractivity contribution in [3.8, 4) is 11.3 Å². The van der Waals surface area contributed by atoms with E-state index in [0.717, 1.165) is 22.5 Å². The number of fused-ring (bicyclic) bond motifs is 1. The summed E-state index contributed by atoms with van der Waals surface area (Å²) in [6.07, 6.45) is 0.395. The monoisotopic (exact) mass is 359 g/mol. The average Bonchev–Trinajstić information content (AvgIpc) is 3.15. The van der Waals surface area contributed by atoms with Crippen LogP contribution in [0.3, 0.4) is 0 Å². The van der Waals surface area contributed by atoms with Crippen LogP contribution in [0, 0.1) is 5.82 Å². The number of carbonyl (C=O) groups excluding carboxylic acids is 1. The van der Waals surface area contributed by atoms with E-state index in [1.54, 1.807) is 6.07 Å². The molecule has 2 N–H and O–H groups in total. The van der Waals surface area contributed by atoms with Crippen molar-refractivity contribution in [2.45, 2.75) is 6.42 Å². The van der Waals surface area contributed by atoms with Crippen LogP contribution in [0.4, 0.5) is 20.9 Å². The van der Waals surface area contributed by atoms with E-state index < -0.39 is 5.82 Å². The highest BCUT2D eigenvalue weighted by Crippen LogP contribution is 2.32. The highest BCUT2D eigenvalue weighted by Gasteiger charge is 2.18. The van der Waals surface area contributed by atoms with Crippen LogP contribution >= 0.6 is 22.9 Å². The van der Waals surface area contributed by atoms with E-state index in [1.165, 1.54) is 23.5 Å². The number of benzene rings is 2. The Morgan fingerprint density at radius 3 is 2.96 bits per heavy atom. The summed E-state index contributed by atoms with van der Waals surface area (Å²) in [5, 5.41) is 8.60. The molecule has 0 fully saturated rings. The molecule has 2 heterocycles. The molecule has 1 aliphatic rings. The topological polar surface area (TPSA) is 54.0 Å². The number of amides is 1. The molecule has 0 radical (unpaired) electrons. The fraction of sp³-hybridized carbons (Fsp3) is 0.0588. The molecule has 0 bridgehead atoms. The molecule has 3 aromatic rings. The second-order valence-electron chi connectivity index (χ2n) is 5.39. The minimum absolute atomic E-state index is 0.0102. The van der Waals surface area contributed by atoms with E-state index in [2.05, 4.69) is 15.6 Å². The minimum Gasteiger partial charge on any atom is -0.331 e. The molecule has 1 amide bonds. The number of thiazole rings is 1. The van der Waals surface area contributed by atoms with Crippen molar-refractivity contribution >= 4 is 45.4 Å². The van der Waals surface area contributed by atoms with Crippen LogP contribution in [0.15, 0.2) is 41.8 Å². The van der Waals surface area contributed by atoms with Crippen molar-refractivity contribution in [1.29, 1.82) is 0 Å². The van der Waals surface area contributed by atoms with Crippen molar-refractivity contribution in [3.63, 3.8) is 0 Å². The first-order chi connectivity index (χ1) is 11.6. The van der Waals surface area contributed by atoms with Gasteiger partial charge in [-0.3, -0.25) is 4.79 Å². The van der Waals surface area contributed by atoms with E-state index in [4.69, 9.17) is 11.6 Å². The summed E-state index contributed by atoms with van der Waals surface area (Å²) in [6.45, 7) is 0. The molecule has 0 unspecified atom stereocenters. The van der Waals surface area contributed by atoms with Crippen LogP contribution < -0.4 is 10.6 Å². The molecule has 4 rings (SSSR count). The number of carbonyl (C=O) groups is 1. The van der Waals surface area contributed by atoms with Crippen molar-refractivity contribution in [3.05, 3.63) is 58.2 Å². The third-order valence-electron chi connectivity index (χ3n) is 3.70. The number of rotatable bonds is 3. The fourth-order valence-corrected chi connectivity index (χ4v) is 3.47. The van der Waals surface area contributed by atoms with Gasteiger partial charge in [-0.25, -0.2) is 9.37 Å². The van der Waals surface area contributed by atoms with Gasteiger partial charge in [0.1, 0.15) is 5.82 Å². The molecular formula is C17H11ClFN3OS. The van der Waals surface area contributed by atoms with Gasteiger partial charge in [0.05, 0.1) is 17.1 Å². The van der Waals surface area contributed by atoms with Gasteiger partial charge in [0.15, 0.2) is 5.13 Å². The molecule has 4 nitrogen and oxygen atoms in total. The Morgan fingerprint density at radius 1 is 1.25 bits per heavy atom. The van der Waals surface area contributed by atoms with Crippen LogP contribution in [0.25, 0.3) is 11.3 Å². The Morgan fingerprint density at radius 2 is 2.12 bits per heavy atom. The van der Waals surface area contributed by atoms with Crippen molar-refractivity contribution < 1.29 is 9.18 Å². The van der Waals surface area contributed by atoms with E-state index >= 15 is 0 Å². The number of nitrogens with one attached hydrogen (secondary N) is 2. The van der Waals surface area contributed by atoms with E-state index in [-0.39, 0.29) is 10.9 Å². The van der Waals surface area contributed by atoms with E-state index in [9.17, 15) is 9.18 Å². The van der Waals surface area contributed by atoms with Crippen molar-refractivity contribution in [2.75, 3.05) is 10.6 Å². The van der Waals surface area contributed by atoms with Crippen molar-refractivity contribution in [2.24, 2.45) is 0 Å². The van der Waals surface area contributed by atoms with Gasteiger partial charge in [-0.2, -0.15) is 0 Å². The van der Waals surface area contributed by atoms with Gasteiger partial charge >= 0.3 is 0 Å². The molecule has 24 heavy (non-hydrogen) atoms. The highest BCUT2D eigenvalue weighted by molar-refractivity contribution is 7.14. The maximum Gasteiger partial charge on any atom is 0.228 e. The summed E-state index contributed by atoms with van der Waals surface area (Å²) in [5.74, 6) is -0.445. The number of nitrogens with zero attached hydrogens (tertiary/aromatic N) is 1. The molecule has 0 aliphatic carbocycles.